The van der Waals surface area contributed by atoms with Gasteiger partial charge in [0.15, 0.2) is 5.76 Å². The summed E-state index contributed by atoms with van der Waals surface area (Å²) in [6.45, 7) is 2.20. The van der Waals surface area contributed by atoms with Gasteiger partial charge < -0.3 is 9.47 Å². The van der Waals surface area contributed by atoms with Gasteiger partial charge in [-0.15, -0.1) is 0 Å². The number of hydrogen-bond acceptors (Lipinski definition) is 3. The van der Waals surface area contributed by atoms with Gasteiger partial charge in [-0.2, -0.15) is 0 Å². The molecule has 0 aromatic heterocycles. The highest BCUT2D eigenvalue weighted by molar-refractivity contribution is 6.42. The van der Waals surface area contributed by atoms with Crippen molar-refractivity contribution in [2.75, 3.05) is 0 Å². The number of Topliss-reactive ketones (excluding diaryl/α,β-unsaturated/α-hetero) is 1. The van der Waals surface area contributed by atoms with Crippen LogP contribution in [0.3, 0.4) is 0 Å². The predicted octanol–water partition coefficient (Wildman–Crippen LogP) is 6.50. The van der Waals surface area contributed by atoms with Gasteiger partial charge >= 0.3 is 0 Å². The monoisotopic (exact) mass is 410 g/mol. The number of carbonyl (C=O) groups is 1. The van der Waals surface area contributed by atoms with Crippen LogP contribution < -0.4 is 9.47 Å². The molecule has 5 heteroatoms. The molecule has 0 bridgehead atoms. The summed E-state index contributed by atoms with van der Waals surface area (Å²) in [5.41, 5.74) is 3.19. The maximum absolute atomic E-state index is 12.7. The molecule has 3 aromatic rings. The lowest BCUT2D eigenvalue weighted by molar-refractivity contribution is 0.101. The molecule has 0 fully saturated rings. The highest BCUT2D eigenvalue weighted by Crippen LogP contribution is 2.37. The van der Waals surface area contributed by atoms with Crippen LogP contribution in [0.1, 0.15) is 27.0 Å². The van der Waals surface area contributed by atoms with E-state index in [9.17, 15) is 4.79 Å². The van der Waals surface area contributed by atoms with Gasteiger partial charge in [0.25, 0.3) is 0 Å². The summed E-state index contributed by atoms with van der Waals surface area (Å²) in [5.74, 6) is 1.32. The molecule has 0 saturated heterocycles. The number of rotatable bonds is 4. The van der Waals surface area contributed by atoms with Crippen molar-refractivity contribution in [2.24, 2.45) is 0 Å². The number of benzene rings is 3. The van der Waals surface area contributed by atoms with Crippen molar-refractivity contribution in [2.45, 2.75) is 13.5 Å². The Hall–Kier alpha value is -2.75. The van der Waals surface area contributed by atoms with E-state index in [0.717, 1.165) is 16.7 Å². The lowest BCUT2D eigenvalue weighted by atomic mass is 10.0. The number of ether oxygens (including phenoxy) is 2. The second kappa shape index (κ2) is 7.70. The summed E-state index contributed by atoms with van der Waals surface area (Å²) in [5, 5.41) is 0.987. The Labute approximate surface area is 173 Å². The summed E-state index contributed by atoms with van der Waals surface area (Å²) < 4.78 is 11.7. The molecule has 0 aliphatic carbocycles. The summed E-state index contributed by atoms with van der Waals surface area (Å²) in [7, 11) is 0. The number of fused-ring (bicyclic) bond motifs is 1. The first-order valence-electron chi connectivity index (χ1n) is 8.72. The van der Waals surface area contributed by atoms with Crippen molar-refractivity contribution in [3.8, 4) is 11.5 Å². The third-order valence-corrected chi connectivity index (χ3v) is 5.17. The molecule has 140 valence electrons. The molecule has 28 heavy (non-hydrogen) atoms. The average Bonchev–Trinajstić information content (AvgIpc) is 2.99. The zero-order chi connectivity index (χ0) is 19.7. The topological polar surface area (TPSA) is 35.5 Å². The van der Waals surface area contributed by atoms with Crippen molar-refractivity contribution < 1.29 is 14.3 Å². The van der Waals surface area contributed by atoms with Crippen molar-refractivity contribution in [1.82, 2.24) is 0 Å². The van der Waals surface area contributed by atoms with Crippen LogP contribution in [0.25, 0.3) is 6.08 Å². The Balaban J connectivity index is 1.56. The van der Waals surface area contributed by atoms with E-state index in [1.54, 1.807) is 24.3 Å². The van der Waals surface area contributed by atoms with Gasteiger partial charge in [-0.3, -0.25) is 4.79 Å². The standard InChI is InChI=1S/C23H16Cl2O3/c1-14-9-17(27-13-16-7-8-18(24)19(25)10-16)12-20-22(14)23(26)21(28-20)11-15-5-3-2-4-6-15/h2-12H,13H2,1H3/b21-11-. The highest BCUT2D eigenvalue weighted by atomic mass is 35.5. The van der Waals surface area contributed by atoms with E-state index in [-0.39, 0.29) is 5.78 Å². The van der Waals surface area contributed by atoms with Crippen LogP contribution in [0.5, 0.6) is 11.5 Å². The van der Waals surface area contributed by atoms with E-state index in [2.05, 4.69) is 0 Å². The Bertz CT molecular complexity index is 1090. The molecule has 3 nitrogen and oxygen atoms in total. The number of aryl methyl sites for hydroxylation is 1. The van der Waals surface area contributed by atoms with Crippen LogP contribution in [-0.2, 0) is 6.61 Å². The molecule has 0 amide bonds. The number of carbonyl (C=O) groups excluding carboxylic acids is 1. The molecule has 1 aliphatic heterocycles. The first-order valence-corrected chi connectivity index (χ1v) is 9.47. The van der Waals surface area contributed by atoms with Crippen LogP contribution in [0.2, 0.25) is 10.0 Å². The van der Waals surface area contributed by atoms with Gasteiger partial charge in [0.2, 0.25) is 5.78 Å². The molecule has 1 heterocycles. The zero-order valence-electron chi connectivity index (χ0n) is 15.0. The molecule has 3 aromatic carbocycles. The predicted molar refractivity (Wildman–Crippen MR) is 111 cm³/mol. The molecule has 4 rings (SSSR count). The number of allylic oxidation sites excluding steroid dienone is 1. The minimum absolute atomic E-state index is 0.118. The molecule has 0 saturated carbocycles. The largest absolute Gasteiger partial charge is 0.489 e. The van der Waals surface area contributed by atoms with E-state index >= 15 is 0 Å². The number of halogens is 2. The van der Waals surface area contributed by atoms with Crippen LogP contribution in [0.15, 0.2) is 66.4 Å². The van der Waals surface area contributed by atoms with Gasteiger partial charge in [0.1, 0.15) is 18.1 Å². The van der Waals surface area contributed by atoms with E-state index in [0.29, 0.717) is 39.5 Å². The van der Waals surface area contributed by atoms with Crippen molar-refractivity contribution >= 4 is 35.1 Å². The Kier molecular flexibility index (Phi) is 5.12. The fraction of sp³-hybridized carbons (Fsp3) is 0.0870. The summed E-state index contributed by atoms with van der Waals surface area (Å²) in [4.78, 5) is 12.7. The molecule has 0 N–H and O–H groups in total. The average molecular weight is 411 g/mol. The van der Waals surface area contributed by atoms with Gasteiger partial charge in [-0.05, 0) is 47.9 Å². The molecule has 1 aliphatic rings. The van der Waals surface area contributed by atoms with Gasteiger partial charge in [0.05, 0.1) is 15.6 Å². The molecular formula is C23H16Cl2O3. The smallest absolute Gasteiger partial charge is 0.232 e. The summed E-state index contributed by atoms with van der Waals surface area (Å²) in [6, 6.07) is 18.5. The van der Waals surface area contributed by atoms with Crippen LogP contribution in [-0.4, -0.2) is 5.78 Å². The summed E-state index contributed by atoms with van der Waals surface area (Å²) in [6.07, 6.45) is 1.75. The lowest BCUT2D eigenvalue weighted by Crippen LogP contribution is -2.00. The maximum atomic E-state index is 12.7. The molecular weight excluding hydrogens is 395 g/mol. The number of ketones is 1. The Morgan fingerprint density at radius 1 is 1.00 bits per heavy atom. The van der Waals surface area contributed by atoms with Crippen LogP contribution in [0, 0.1) is 6.92 Å². The SMILES string of the molecule is Cc1cc(OCc2ccc(Cl)c(Cl)c2)cc2c1C(=O)/C(=C/c1ccccc1)O2. The number of hydrogen-bond donors (Lipinski definition) is 0. The first-order chi connectivity index (χ1) is 13.5. The second-order valence-electron chi connectivity index (χ2n) is 6.50. The molecule has 0 spiro atoms. The second-order valence-corrected chi connectivity index (χ2v) is 7.32. The van der Waals surface area contributed by atoms with Gasteiger partial charge in [-0.1, -0.05) is 59.6 Å². The highest BCUT2D eigenvalue weighted by Gasteiger charge is 2.30. The third kappa shape index (κ3) is 3.77. The van der Waals surface area contributed by atoms with Crippen LogP contribution >= 0.6 is 23.2 Å². The minimum atomic E-state index is -0.118. The van der Waals surface area contributed by atoms with Gasteiger partial charge in [0, 0.05) is 6.07 Å². The molecule has 0 atom stereocenters. The molecule has 0 unspecified atom stereocenters. The summed E-state index contributed by atoms with van der Waals surface area (Å²) >= 11 is 12.0. The Morgan fingerprint density at radius 2 is 1.79 bits per heavy atom. The fourth-order valence-electron chi connectivity index (χ4n) is 3.06. The first kappa shape index (κ1) is 18.6. The lowest BCUT2D eigenvalue weighted by Gasteiger charge is -2.10. The van der Waals surface area contributed by atoms with Crippen molar-refractivity contribution in [1.29, 1.82) is 0 Å². The maximum Gasteiger partial charge on any atom is 0.232 e. The normalized spacial score (nSPS) is 14.1. The quantitative estimate of drug-likeness (QED) is 0.460. The van der Waals surface area contributed by atoms with E-state index in [1.165, 1.54) is 0 Å². The molecule has 0 radical (unpaired) electrons. The van der Waals surface area contributed by atoms with E-state index in [4.69, 9.17) is 32.7 Å². The minimum Gasteiger partial charge on any atom is -0.489 e. The van der Waals surface area contributed by atoms with E-state index in [1.807, 2.05) is 49.4 Å². The van der Waals surface area contributed by atoms with Crippen molar-refractivity contribution in [3.63, 3.8) is 0 Å². The van der Waals surface area contributed by atoms with Crippen molar-refractivity contribution in [3.05, 3.63) is 98.7 Å². The fourth-order valence-corrected chi connectivity index (χ4v) is 3.38. The van der Waals surface area contributed by atoms with E-state index < -0.39 is 0 Å². The van der Waals surface area contributed by atoms with Crippen LogP contribution in [0.4, 0.5) is 0 Å². The zero-order valence-corrected chi connectivity index (χ0v) is 16.6. The third-order valence-electron chi connectivity index (χ3n) is 4.43. The van der Waals surface area contributed by atoms with Gasteiger partial charge in [-0.25, -0.2) is 0 Å². The Morgan fingerprint density at radius 3 is 2.54 bits per heavy atom.